The Morgan fingerprint density at radius 3 is 2.60 bits per heavy atom. The zero-order valence-electron chi connectivity index (χ0n) is 14.5. The van der Waals surface area contributed by atoms with Gasteiger partial charge in [0.1, 0.15) is 0 Å². The van der Waals surface area contributed by atoms with Gasteiger partial charge >= 0.3 is 0 Å². The van der Waals surface area contributed by atoms with Crippen molar-refractivity contribution in [1.29, 1.82) is 0 Å². The molecule has 0 aliphatic carbocycles. The van der Waals surface area contributed by atoms with Crippen LogP contribution in [0.25, 0.3) is 16.9 Å². The van der Waals surface area contributed by atoms with Gasteiger partial charge in [0.05, 0.1) is 19.9 Å². The Morgan fingerprint density at radius 1 is 1.04 bits per heavy atom. The highest BCUT2D eigenvalue weighted by Crippen LogP contribution is 2.33. The van der Waals surface area contributed by atoms with Crippen molar-refractivity contribution < 1.29 is 9.47 Å². The summed E-state index contributed by atoms with van der Waals surface area (Å²) in [6, 6.07) is 9.96. The first kappa shape index (κ1) is 15.9. The summed E-state index contributed by atoms with van der Waals surface area (Å²) < 4.78 is 12.7. The van der Waals surface area contributed by atoms with Crippen LogP contribution in [-0.2, 0) is 0 Å². The third-order valence-corrected chi connectivity index (χ3v) is 4.82. The van der Waals surface area contributed by atoms with Crippen LogP contribution < -0.4 is 14.8 Å². The Morgan fingerprint density at radius 2 is 1.84 bits per heavy atom. The molecule has 3 heterocycles. The van der Waals surface area contributed by atoms with Crippen molar-refractivity contribution in [2.75, 3.05) is 27.3 Å². The fraction of sp³-hybridized carbons (Fsp3) is 0.368. The number of ether oxygens (including phenoxy) is 2. The molecule has 1 fully saturated rings. The number of nitrogens with zero attached hydrogens (tertiary/aromatic N) is 3. The van der Waals surface area contributed by atoms with E-state index in [1.54, 1.807) is 14.2 Å². The highest BCUT2D eigenvalue weighted by Gasteiger charge is 2.19. The minimum Gasteiger partial charge on any atom is -0.493 e. The van der Waals surface area contributed by atoms with Crippen LogP contribution in [0.2, 0.25) is 0 Å². The van der Waals surface area contributed by atoms with Crippen LogP contribution in [0.15, 0.2) is 36.5 Å². The van der Waals surface area contributed by atoms with E-state index >= 15 is 0 Å². The van der Waals surface area contributed by atoms with Gasteiger partial charge < -0.3 is 14.8 Å². The number of rotatable bonds is 4. The third-order valence-electron chi connectivity index (χ3n) is 4.82. The molecule has 1 aliphatic heterocycles. The van der Waals surface area contributed by atoms with Crippen molar-refractivity contribution in [3.05, 3.63) is 42.2 Å². The van der Waals surface area contributed by atoms with Gasteiger partial charge in [-0.25, -0.2) is 9.50 Å². The number of nitrogens with one attached hydrogen (secondary N) is 1. The fourth-order valence-corrected chi connectivity index (χ4v) is 3.48. The van der Waals surface area contributed by atoms with Gasteiger partial charge in [-0.05, 0) is 50.2 Å². The van der Waals surface area contributed by atoms with Crippen LogP contribution in [0.5, 0.6) is 11.5 Å². The zero-order valence-corrected chi connectivity index (χ0v) is 14.5. The summed E-state index contributed by atoms with van der Waals surface area (Å²) in [5.74, 6) is 1.93. The first-order valence-electron chi connectivity index (χ1n) is 8.58. The molecule has 4 rings (SSSR count). The summed E-state index contributed by atoms with van der Waals surface area (Å²) in [5.41, 5.74) is 3.98. The van der Waals surface area contributed by atoms with Crippen LogP contribution in [-0.4, -0.2) is 41.9 Å². The van der Waals surface area contributed by atoms with E-state index in [9.17, 15) is 0 Å². The van der Waals surface area contributed by atoms with Crippen LogP contribution in [0.1, 0.15) is 24.5 Å². The van der Waals surface area contributed by atoms with E-state index in [2.05, 4.69) is 16.4 Å². The topological polar surface area (TPSA) is 60.7 Å². The molecular formula is C19H22N4O2. The summed E-state index contributed by atoms with van der Waals surface area (Å²) in [6.45, 7) is 2.11. The fourth-order valence-electron chi connectivity index (χ4n) is 3.48. The molecule has 1 aromatic carbocycles. The van der Waals surface area contributed by atoms with Crippen LogP contribution in [0.4, 0.5) is 0 Å². The summed E-state index contributed by atoms with van der Waals surface area (Å²) in [4.78, 5) is 4.49. The normalized spacial score (nSPS) is 15.4. The zero-order chi connectivity index (χ0) is 17.2. The Labute approximate surface area is 146 Å². The molecule has 1 saturated heterocycles. The standard InChI is InChI=1S/C19H22N4O2/c1-24-17-4-3-14(11-18(17)25-2)15-12-19-21-10-7-16(23(19)22-15)13-5-8-20-9-6-13/h3-4,7,10-13,20H,5-6,8-9H2,1-2H3. The predicted molar refractivity (Wildman–Crippen MR) is 96.4 cm³/mol. The second kappa shape index (κ2) is 6.72. The van der Waals surface area contributed by atoms with E-state index in [4.69, 9.17) is 14.6 Å². The SMILES string of the molecule is COc1ccc(-c2cc3nccc(C4CCNCC4)n3n2)cc1OC. The quantitative estimate of drug-likeness (QED) is 0.793. The lowest BCUT2D eigenvalue weighted by atomic mass is 9.94. The average Bonchev–Trinajstić information content (AvgIpc) is 3.12. The van der Waals surface area contributed by atoms with Crippen molar-refractivity contribution >= 4 is 5.65 Å². The predicted octanol–water partition coefficient (Wildman–Crippen LogP) is 2.88. The second-order valence-electron chi connectivity index (χ2n) is 6.26. The van der Waals surface area contributed by atoms with Gasteiger partial charge in [0.25, 0.3) is 0 Å². The number of methoxy groups -OCH3 is 2. The maximum absolute atomic E-state index is 5.41. The van der Waals surface area contributed by atoms with Gasteiger partial charge in [-0.2, -0.15) is 5.10 Å². The van der Waals surface area contributed by atoms with Gasteiger partial charge in [0.2, 0.25) is 0 Å². The minimum absolute atomic E-state index is 0.518. The Bertz CT molecular complexity index is 884. The molecule has 0 unspecified atom stereocenters. The monoisotopic (exact) mass is 338 g/mol. The molecule has 3 aromatic rings. The molecular weight excluding hydrogens is 316 g/mol. The van der Waals surface area contributed by atoms with E-state index in [1.807, 2.05) is 35.0 Å². The summed E-state index contributed by atoms with van der Waals surface area (Å²) in [7, 11) is 3.28. The number of piperidine rings is 1. The summed E-state index contributed by atoms with van der Waals surface area (Å²) >= 11 is 0. The maximum Gasteiger partial charge on any atom is 0.161 e. The second-order valence-corrected chi connectivity index (χ2v) is 6.26. The molecule has 2 aromatic heterocycles. The van der Waals surface area contributed by atoms with E-state index in [0.717, 1.165) is 42.8 Å². The summed E-state index contributed by atoms with van der Waals surface area (Å²) in [5, 5.41) is 8.24. The van der Waals surface area contributed by atoms with E-state index in [0.29, 0.717) is 17.4 Å². The van der Waals surface area contributed by atoms with Crippen molar-refractivity contribution in [2.45, 2.75) is 18.8 Å². The van der Waals surface area contributed by atoms with Crippen molar-refractivity contribution in [3.63, 3.8) is 0 Å². The van der Waals surface area contributed by atoms with E-state index < -0.39 is 0 Å². The van der Waals surface area contributed by atoms with Gasteiger partial charge in [0.15, 0.2) is 17.1 Å². The number of aromatic nitrogens is 3. The number of hydrogen-bond acceptors (Lipinski definition) is 5. The average molecular weight is 338 g/mol. The molecule has 130 valence electrons. The Kier molecular flexibility index (Phi) is 4.28. The van der Waals surface area contributed by atoms with Crippen LogP contribution in [0.3, 0.4) is 0 Å². The molecule has 0 radical (unpaired) electrons. The minimum atomic E-state index is 0.518. The number of benzene rings is 1. The lowest BCUT2D eigenvalue weighted by Gasteiger charge is -2.23. The molecule has 0 amide bonds. The van der Waals surface area contributed by atoms with Crippen molar-refractivity contribution in [2.24, 2.45) is 0 Å². The highest BCUT2D eigenvalue weighted by atomic mass is 16.5. The lowest BCUT2D eigenvalue weighted by Crippen LogP contribution is -2.27. The van der Waals surface area contributed by atoms with Gasteiger partial charge in [0, 0.05) is 29.4 Å². The molecule has 6 nitrogen and oxygen atoms in total. The first-order chi connectivity index (χ1) is 12.3. The molecule has 1 aliphatic rings. The molecule has 0 saturated carbocycles. The van der Waals surface area contributed by atoms with Gasteiger partial charge in [-0.3, -0.25) is 0 Å². The van der Waals surface area contributed by atoms with Crippen LogP contribution >= 0.6 is 0 Å². The van der Waals surface area contributed by atoms with E-state index in [-0.39, 0.29) is 0 Å². The molecule has 0 atom stereocenters. The van der Waals surface area contributed by atoms with Crippen LogP contribution in [0, 0.1) is 0 Å². The molecule has 25 heavy (non-hydrogen) atoms. The van der Waals surface area contributed by atoms with E-state index in [1.165, 1.54) is 5.69 Å². The maximum atomic E-state index is 5.41. The highest BCUT2D eigenvalue weighted by molar-refractivity contribution is 5.67. The van der Waals surface area contributed by atoms with Crippen molar-refractivity contribution in [1.82, 2.24) is 19.9 Å². The third kappa shape index (κ3) is 2.93. The summed E-state index contributed by atoms with van der Waals surface area (Å²) in [6.07, 6.45) is 4.14. The molecule has 0 spiro atoms. The lowest BCUT2D eigenvalue weighted by molar-refractivity contribution is 0.355. The van der Waals surface area contributed by atoms with Gasteiger partial charge in [-0.15, -0.1) is 0 Å². The largest absolute Gasteiger partial charge is 0.493 e. The smallest absolute Gasteiger partial charge is 0.161 e. The molecule has 1 N–H and O–H groups in total. The Hall–Kier alpha value is -2.60. The Balaban J connectivity index is 1.76. The van der Waals surface area contributed by atoms with Gasteiger partial charge in [-0.1, -0.05) is 0 Å². The van der Waals surface area contributed by atoms with Crippen molar-refractivity contribution in [3.8, 4) is 22.8 Å². The first-order valence-corrected chi connectivity index (χ1v) is 8.58. The number of fused-ring (bicyclic) bond motifs is 1. The molecule has 6 heteroatoms. The number of hydrogen-bond donors (Lipinski definition) is 1. The molecule has 0 bridgehead atoms.